The lowest BCUT2D eigenvalue weighted by Gasteiger charge is -2.20. The average molecular weight is 292 g/mol. The van der Waals surface area contributed by atoms with E-state index >= 15 is 0 Å². The Labute approximate surface area is 126 Å². The summed E-state index contributed by atoms with van der Waals surface area (Å²) in [5, 5.41) is 5.45. The van der Waals surface area contributed by atoms with Crippen molar-refractivity contribution < 1.29 is 14.3 Å². The Kier molecular flexibility index (Phi) is 4.99. The number of carbonyl (C=O) groups excluding carboxylic acids is 2. The van der Waals surface area contributed by atoms with Gasteiger partial charge in [-0.1, -0.05) is 26.8 Å². The summed E-state index contributed by atoms with van der Waals surface area (Å²) >= 11 is 0. The smallest absolute Gasteiger partial charge is 0.412 e. The van der Waals surface area contributed by atoms with Gasteiger partial charge < -0.3 is 10.1 Å². The number of carbonyl (C=O) groups is 2. The fourth-order valence-electron chi connectivity index (χ4n) is 1.41. The molecular formula is C16H24N2O3. The van der Waals surface area contributed by atoms with Crippen molar-refractivity contribution in [1.29, 1.82) is 0 Å². The summed E-state index contributed by atoms with van der Waals surface area (Å²) in [4.78, 5) is 23.6. The van der Waals surface area contributed by atoms with Crippen molar-refractivity contribution in [3.05, 3.63) is 24.3 Å². The van der Waals surface area contributed by atoms with Crippen LogP contribution in [0.1, 0.15) is 41.5 Å². The van der Waals surface area contributed by atoms with E-state index in [1.54, 1.807) is 45.0 Å². The van der Waals surface area contributed by atoms with Crippen LogP contribution >= 0.6 is 0 Å². The third-order valence-electron chi connectivity index (χ3n) is 2.45. The number of hydrogen-bond donors (Lipinski definition) is 2. The highest BCUT2D eigenvalue weighted by atomic mass is 16.6. The van der Waals surface area contributed by atoms with Crippen LogP contribution in [0.3, 0.4) is 0 Å². The number of rotatable bonds is 2. The third-order valence-corrected chi connectivity index (χ3v) is 2.45. The van der Waals surface area contributed by atoms with Crippen molar-refractivity contribution in [3.63, 3.8) is 0 Å². The lowest BCUT2D eigenvalue weighted by atomic mass is 9.95. The predicted octanol–water partition coefficient (Wildman–Crippen LogP) is 4.02. The highest BCUT2D eigenvalue weighted by Gasteiger charge is 2.21. The van der Waals surface area contributed by atoms with Crippen molar-refractivity contribution in [1.82, 2.24) is 0 Å². The van der Waals surface area contributed by atoms with E-state index in [4.69, 9.17) is 4.74 Å². The van der Waals surface area contributed by atoms with Gasteiger partial charge in [0.25, 0.3) is 0 Å². The van der Waals surface area contributed by atoms with E-state index in [0.717, 1.165) is 0 Å². The summed E-state index contributed by atoms with van der Waals surface area (Å²) in [6.45, 7) is 10.9. The molecule has 0 aliphatic carbocycles. The van der Waals surface area contributed by atoms with Crippen LogP contribution in [-0.4, -0.2) is 17.6 Å². The SMILES string of the molecule is CC(C)(C)OC(=O)Nc1cccc(NC(=O)C(C)(C)C)c1. The summed E-state index contributed by atoms with van der Waals surface area (Å²) < 4.78 is 5.18. The maximum Gasteiger partial charge on any atom is 0.412 e. The Bertz CT molecular complexity index is 525. The maximum absolute atomic E-state index is 11.9. The maximum atomic E-state index is 11.9. The van der Waals surface area contributed by atoms with Crippen LogP contribution in [0.15, 0.2) is 24.3 Å². The van der Waals surface area contributed by atoms with Crippen molar-refractivity contribution in [2.24, 2.45) is 5.41 Å². The third kappa shape index (κ3) is 6.29. The molecule has 0 spiro atoms. The molecule has 0 atom stereocenters. The zero-order chi connectivity index (χ0) is 16.3. The first-order valence-electron chi connectivity index (χ1n) is 6.89. The van der Waals surface area contributed by atoms with Gasteiger partial charge in [0, 0.05) is 16.8 Å². The highest BCUT2D eigenvalue weighted by Crippen LogP contribution is 2.20. The predicted molar refractivity (Wildman–Crippen MR) is 84.4 cm³/mol. The van der Waals surface area contributed by atoms with Gasteiger partial charge in [0.1, 0.15) is 5.60 Å². The molecule has 0 aliphatic rings. The summed E-state index contributed by atoms with van der Waals surface area (Å²) in [5.74, 6) is -0.0862. The molecule has 1 rings (SSSR count). The topological polar surface area (TPSA) is 67.4 Å². The molecule has 0 aromatic heterocycles. The number of amides is 2. The van der Waals surface area contributed by atoms with Crippen LogP contribution in [0.25, 0.3) is 0 Å². The van der Waals surface area contributed by atoms with E-state index in [1.807, 2.05) is 20.8 Å². The fourth-order valence-corrected chi connectivity index (χ4v) is 1.41. The minimum absolute atomic E-state index is 0.0862. The van der Waals surface area contributed by atoms with Crippen LogP contribution in [0, 0.1) is 5.41 Å². The molecule has 5 nitrogen and oxygen atoms in total. The Morgan fingerprint density at radius 3 is 1.95 bits per heavy atom. The number of hydrogen-bond acceptors (Lipinski definition) is 3. The Hall–Kier alpha value is -2.04. The van der Waals surface area contributed by atoms with Crippen LogP contribution in [0.2, 0.25) is 0 Å². The minimum Gasteiger partial charge on any atom is -0.444 e. The quantitative estimate of drug-likeness (QED) is 0.865. The minimum atomic E-state index is -0.553. The molecule has 1 aromatic carbocycles. The molecule has 0 fully saturated rings. The first-order valence-corrected chi connectivity index (χ1v) is 6.89. The van der Waals surface area contributed by atoms with Crippen molar-refractivity contribution >= 4 is 23.4 Å². The van der Waals surface area contributed by atoms with Gasteiger partial charge >= 0.3 is 6.09 Å². The lowest BCUT2D eigenvalue weighted by molar-refractivity contribution is -0.123. The molecular weight excluding hydrogens is 268 g/mol. The Morgan fingerprint density at radius 2 is 1.48 bits per heavy atom. The fraction of sp³-hybridized carbons (Fsp3) is 0.500. The number of nitrogens with one attached hydrogen (secondary N) is 2. The first kappa shape index (κ1) is 17.0. The zero-order valence-electron chi connectivity index (χ0n) is 13.5. The summed E-state index contributed by atoms with van der Waals surface area (Å²) in [5.41, 5.74) is 0.163. The van der Waals surface area contributed by atoms with Gasteiger partial charge in [0.15, 0.2) is 0 Å². The van der Waals surface area contributed by atoms with Gasteiger partial charge in [0.2, 0.25) is 5.91 Å². The van der Waals surface area contributed by atoms with Crippen LogP contribution in [0.4, 0.5) is 16.2 Å². The van der Waals surface area contributed by atoms with Gasteiger partial charge in [0.05, 0.1) is 0 Å². The summed E-state index contributed by atoms with van der Waals surface area (Å²) in [6.07, 6.45) is -0.526. The molecule has 0 saturated heterocycles. The van der Waals surface area contributed by atoms with E-state index in [2.05, 4.69) is 10.6 Å². The first-order chi connectivity index (χ1) is 9.47. The molecule has 21 heavy (non-hydrogen) atoms. The molecule has 1 aromatic rings. The zero-order valence-corrected chi connectivity index (χ0v) is 13.5. The van der Waals surface area contributed by atoms with Crippen molar-refractivity contribution in [3.8, 4) is 0 Å². The van der Waals surface area contributed by atoms with Gasteiger partial charge in [-0.25, -0.2) is 4.79 Å². The Morgan fingerprint density at radius 1 is 0.952 bits per heavy atom. The monoisotopic (exact) mass is 292 g/mol. The molecule has 2 amide bonds. The second-order valence-corrected chi connectivity index (χ2v) is 6.91. The van der Waals surface area contributed by atoms with E-state index < -0.39 is 17.1 Å². The van der Waals surface area contributed by atoms with Gasteiger partial charge in [-0.2, -0.15) is 0 Å². The standard InChI is InChI=1S/C16H24N2O3/c1-15(2,3)13(19)17-11-8-7-9-12(10-11)18-14(20)21-16(4,5)6/h7-10H,1-6H3,(H,17,19)(H,18,20). The molecule has 0 saturated carbocycles. The van der Waals surface area contributed by atoms with Crippen molar-refractivity contribution in [2.45, 2.75) is 47.1 Å². The molecule has 116 valence electrons. The summed E-state index contributed by atoms with van der Waals surface area (Å²) in [6, 6.07) is 6.94. The normalized spacial score (nSPS) is 11.7. The van der Waals surface area contributed by atoms with Crippen LogP contribution in [0.5, 0.6) is 0 Å². The molecule has 5 heteroatoms. The lowest BCUT2D eigenvalue weighted by Crippen LogP contribution is -2.28. The summed E-state index contributed by atoms with van der Waals surface area (Å²) in [7, 11) is 0. The van der Waals surface area contributed by atoms with Gasteiger partial charge in [-0.3, -0.25) is 10.1 Å². The second-order valence-electron chi connectivity index (χ2n) is 6.91. The second kappa shape index (κ2) is 6.16. The molecule has 0 heterocycles. The number of ether oxygens (including phenoxy) is 1. The van der Waals surface area contributed by atoms with Gasteiger partial charge in [-0.05, 0) is 39.0 Å². The van der Waals surface area contributed by atoms with Crippen LogP contribution < -0.4 is 10.6 Å². The van der Waals surface area contributed by atoms with E-state index in [1.165, 1.54) is 0 Å². The molecule has 0 aliphatic heterocycles. The number of benzene rings is 1. The van der Waals surface area contributed by atoms with Crippen molar-refractivity contribution in [2.75, 3.05) is 10.6 Å². The van der Waals surface area contributed by atoms with E-state index in [0.29, 0.717) is 11.4 Å². The molecule has 0 radical (unpaired) electrons. The average Bonchev–Trinajstić information content (AvgIpc) is 2.25. The molecule has 2 N–H and O–H groups in total. The van der Waals surface area contributed by atoms with Crippen LogP contribution in [-0.2, 0) is 9.53 Å². The van der Waals surface area contributed by atoms with E-state index in [-0.39, 0.29) is 5.91 Å². The molecule has 0 bridgehead atoms. The van der Waals surface area contributed by atoms with E-state index in [9.17, 15) is 9.59 Å². The highest BCUT2D eigenvalue weighted by molar-refractivity contribution is 5.95. The van der Waals surface area contributed by atoms with Gasteiger partial charge in [-0.15, -0.1) is 0 Å². The largest absolute Gasteiger partial charge is 0.444 e. The number of anilines is 2. The molecule has 0 unspecified atom stereocenters. The Balaban J connectivity index is 2.73.